The zero-order valence-electron chi connectivity index (χ0n) is 14.3. The predicted molar refractivity (Wildman–Crippen MR) is 91.6 cm³/mol. The fourth-order valence-electron chi connectivity index (χ4n) is 2.92. The van der Waals surface area contributed by atoms with Crippen molar-refractivity contribution in [2.45, 2.75) is 32.0 Å². The molecule has 26 heavy (non-hydrogen) atoms. The molecule has 1 aromatic heterocycles. The Labute approximate surface area is 154 Å². The minimum absolute atomic E-state index is 0.106. The molecule has 1 fully saturated rings. The molecular formula is C17H20ClF3N4O. The highest BCUT2D eigenvalue weighted by Crippen LogP contribution is 2.26. The molecule has 0 saturated carbocycles. The van der Waals surface area contributed by atoms with Crippen LogP contribution in [0.15, 0.2) is 24.3 Å². The number of hydrogen-bond donors (Lipinski definition) is 0. The van der Waals surface area contributed by atoms with Gasteiger partial charge < -0.3 is 4.74 Å². The molecule has 0 aliphatic carbocycles. The molecule has 1 saturated heterocycles. The molecule has 5 nitrogen and oxygen atoms in total. The molecule has 0 N–H and O–H groups in total. The van der Waals surface area contributed by atoms with Gasteiger partial charge in [0.2, 0.25) is 0 Å². The van der Waals surface area contributed by atoms with E-state index in [2.05, 4.69) is 15.0 Å². The van der Waals surface area contributed by atoms with E-state index in [1.54, 1.807) is 22.9 Å². The van der Waals surface area contributed by atoms with E-state index in [4.69, 9.17) is 16.3 Å². The zero-order chi connectivity index (χ0) is 18.7. The minimum atomic E-state index is -4.24. The first-order valence-corrected chi connectivity index (χ1v) is 8.81. The Balaban J connectivity index is 1.93. The Hall–Kier alpha value is -1.64. The second-order valence-electron chi connectivity index (χ2n) is 6.22. The SMILES string of the molecule is C[C@@H](c1nc(CCC(F)(F)F)nn1-c1cccc(Cl)c1)N1CCOCC1. The van der Waals surface area contributed by atoms with Crippen LogP contribution in [0.4, 0.5) is 13.2 Å². The Kier molecular flexibility index (Phi) is 5.84. The van der Waals surface area contributed by atoms with Gasteiger partial charge in [-0.3, -0.25) is 4.90 Å². The lowest BCUT2D eigenvalue weighted by atomic mass is 10.2. The lowest BCUT2D eigenvalue weighted by Crippen LogP contribution is -2.38. The Morgan fingerprint density at radius 2 is 2.00 bits per heavy atom. The molecule has 142 valence electrons. The van der Waals surface area contributed by atoms with Crippen LogP contribution >= 0.6 is 11.6 Å². The van der Waals surface area contributed by atoms with Gasteiger partial charge in [-0.15, -0.1) is 0 Å². The van der Waals surface area contributed by atoms with Crippen molar-refractivity contribution in [2.24, 2.45) is 0 Å². The van der Waals surface area contributed by atoms with E-state index in [1.807, 2.05) is 13.0 Å². The third kappa shape index (κ3) is 4.75. The summed E-state index contributed by atoms with van der Waals surface area (Å²) in [5, 5.41) is 4.86. The van der Waals surface area contributed by atoms with Crippen molar-refractivity contribution in [2.75, 3.05) is 26.3 Å². The molecule has 2 heterocycles. The van der Waals surface area contributed by atoms with Gasteiger partial charge in [-0.05, 0) is 25.1 Å². The number of rotatable bonds is 5. The highest BCUT2D eigenvalue weighted by atomic mass is 35.5. The number of morpholine rings is 1. The van der Waals surface area contributed by atoms with Crippen molar-refractivity contribution in [3.05, 3.63) is 40.9 Å². The molecule has 1 atom stereocenters. The molecule has 0 unspecified atom stereocenters. The van der Waals surface area contributed by atoms with Gasteiger partial charge in [0.15, 0.2) is 5.82 Å². The molecule has 9 heteroatoms. The summed E-state index contributed by atoms with van der Waals surface area (Å²) in [5.41, 5.74) is 0.679. The summed E-state index contributed by atoms with van der Waals surface area (Å²) < 4.78 is 44.7. The molecular weight excluding hydrogens is 369 g/mol. The number of nitrogens with zero attached hydrogens (tertiary/aromatic N) is 4. The second kappa shape index (κ2) is 7.94. The van der Waals surface area contributed by atoms with E-state index in [0.29, 0.717) is 29.7 Å². The molecule has 2 aromatic rings. The van der Waals surface area contributed by atoms with E-state index in [9.17, 15) is 13.2 Å². The average molecular weight is 389 g/mol. The van der Waals surface area contributed by atoms with Crippen LogP contribution in [0.1, 0.15) is 31.0 Å². The number of aromatic nitrogens is 3. The maximum atomic E-state index is 12.6. The average Bonchev–Trinajstić information content (AvgIpc) is 3.04. The summed E-state index contributed by atoms with van der Waals surface area (Å²) >= 11 is 6.07. The molecule has 0 spiro atoms. The first-order chi connectivity index (χ1) is 12.3. The summed E-state index contributed by atoms with van der Waals surface area (Å²) in [5.74, 6) is 0.781. The van der Waals surface area contributed by atoms with Crippen LogP contribution in [0.25, 0.3) is 5.69 Å². The van der Waals surface area contributed by atoms with E-state index in [0.717, 1.165) is 13.1 Å². The molecule has 1 aliphatic rings. The van der Waals surface area contributed by atoms with Crippen LogP contribution in [0, 0.1) is 0 Å². The molecule has 0 bridgehead atoms. The maximum Gasteiger partial charge on any atom is 0.389 e. The zero-order valence-corrected chi connectivity index (χ0v) is 15.1. The van der Waals surface area contributed by atoms with Crippen LogP contribution in [-0.2, 0) is 11.2 Å². The van der Waals surface area contributed by atoms with Crippen molar-refractivity contribution in [3.63, 3.8) is 0 Å². The predicted octanol–water partition coefficient (Wildman–Crippen LogP) is 3.81. The van der Waals surface area contributed by atoms with Crippen molar-refractivity contribution < 1.29 is 17.9 Å². The largest absolute Gasteiger partial charge is 0.389 e. The van der Waals surface area contributed by atoms with Crippen LogP contribution in [0.2, 0.25) is 5.02 Å². The molecule has 3 rings (SSSR count). The van der Waals surface area contributed by atoms with E-state index in [-0.39, 0.29) is 18.3 Å². The van der Waals surface area contributed by atoms with Gasteiger partial charge in [-0.2, -0.15) is 18.3 Å². The number of aryl methyl sites for hydroxylation is 1. The second-order valence-corrected chi connectivity index (χ2v) is 6.65. The molecule has 0 radical (unpaired) electrons. The molecule has 0 amide bonds. The monoisotopic (exact) mass is 388 g/mol. The van der Waals surface area contributed by atoms with Gasteiger partial charge in [0.05, 0.1) is 31.4 Å². The topological polar surface area (TPSA) is 43.2 Å². The third-order valence-corrected chi connectivity index (χ3v) is 4.56. The Morgan fingerprint density at radius 1 is 1.27 bits per heavy atom. The van der Waals surface area contributed by atoms with E-state index >= 15 is 0 Å². The molecule has 1 aromatic carbocycles. The Bertz CT molecular complexity index is 744. The Morgan fingerprint density at radius 3 is 2.65 bits per heavy atom. The van der Waals surface area contributed by atoms with Gasteiger partial charge in [0.25, 0.3) is 0 Å². The van der Waals surface area contributed by atoms with Crippen molar-refractivity contribution in [3.8, 4) is 5.69 Å². The first-order valence-electron chi connectivity index (χ1n) is 8.44. The van der Waals surface area contributed by atoms with E-state index < -0.39 is 12.6 Å². The molecule has 1 aliphatic heterocycles. The van der Waals surface area contributed by atoms with Crippen LogP contribution in [0.5, 0.6) is 0 Å². The van der Waals surface area contributed by atoms with Crippen LogP contribution < -0.4 is 0 Å². The smallest absolute Gasteiger partial charge is 0.379 e. The van der Waals surface area contributed by atoms with Gasteiger partial charge in [-0.25, -0.2) is 9.67 Å². The lowest BCUT2D eigenvalue weighted by molar-refractivity contribution is -0.134. The van der Waals surface area contributed by atoms with Gasteiger partial charge in [0, 0.05) is 24.5 Å². The van der Waals surface area contributed by atoms with Crippen molar-refractivity contribution in [1.82, 2.24) is 19.7 Å². The normalized spacial score (nSPS) is 17.4. The summed E-state index contributed by atoms with van der Waals surface area (Å²) in [6, 6.07) is 6.93. The quantitative estimate of drug-likeness (QED) is 0.781. The first kappa shape index (κ1) is 19.1. The maximum absolute atomic E-state index is 12.6. The summed E-state index contributed by atoms with van der Waals surface area (Å²) in [6.45, 7) is 4.69. The van der Waals surface area contributed by atoms with E-state index in [1.165, 1.54) is 0 Å². The number of benzene rings is 1. The van der Waals surface area contributed by atoms with Gasteiger partial charge in [0.1, 0.15) is 5.82 Å². The van der Waals surface area contributed by atoms with Crippen LogP contribution in [-0.4, -0.2) is 52.1 Å². The minimum Gasteiger partial charge on any atom is -0.379 e. The summed E-state index contributed by atoms with van der Waals surface area (Å²) in [6.07, 6.45) is -5.44. The number of halogens is 4. The van der Waals surface area contributed by atoms with Crippen LogP contribution in [0.3, 0.4) is 0 Å². The van der Waals surface area contributed by atoms with Crippen molar-refractivity contribution >= 4 is 11.6 Å². The summed E-state index contributed by atoms with van der Waals surface area (Å²) in [4.78, 5) is 6.60. The number of hydrogen-bond acceptors (Lipinski definition) is 4. The fourth-order valence-corrected chi connectivity index (χ4v) is 3.11. The lowest BCUT2D eigenvalue weighted by Gasteiger charge is -2.31. The highest BCUT2D eigenvalue weighted by Gasteiger charge is 2.29. The third-order valence-electron chi connectivity index (χ3n) is 4.33. The van der Waals surface area contributed by atoms with Gasteiger partial charge >= 0.3 is 6.18 Å². The fraction of sp³-hybridized carbons (Fsp3) is 0.529. The standard InChI is InChI=1S/C17H20ClF3N4O/c1-12(24-7-9-26-10-8-24)16-22-15(5-6-17(19,20)21)23-25(16)14-4-2-3-13(18)11-14/h2-4,11-12H,5-10H2,1H3/t12-/m0/s1. The highest BCUT2D eigenvalue weighted by molar-refractivity contribution is 6.30. The van der Waals surface area contributed by atoms with Crippen molar-refractivity contribution in [1.29, 1.82) is 0 Å². The number of alkyl halides is 3. The number of ether oxygens (including phenoxy) is 1. The van der Waals surface area contributed by atoms with Gasteiger partial charge in [-0.1, -0.05) is 17.7 Å². The summed E-state index contributed by atoms with van der Waals surface area (Å²) in [7, 11) is 0.